The zero-order chi connectivity index (χ0) is 16.4. The van der Waals surface area contributed by atoms with E-state index in [1.807, 2.05) is 69.3 Å². The van der Waals surface area contributed by atoms with E-state index in [1.54, 1.807) is 0 Å². The van der Waals surface area contributed by atoms with Crippen molar-refractivity contribution in [2.75, 3.05) is 6.61 Å². The predicted molar refractivity (Wildman–Crippen MR) is 89.1 cm³/mol. The fourth-order valence-electron chi connectivity index (χ4n) is 2.79. The Morgan fingerprint density at radius 2 is 1.61 bits per heavy atom. The number of benzene rings is 2. The molecule has 0 spiro atoms. The Bertz CT molecular complexity index is 688. The second kappa shape index (κ2) is 6.17. The molecule has 1 saturated heterocycles. The fraction of sp³-hybridized carbons (Fsp3) is 0.350. The van der Waals surface area contributed by atoms with E-state index in [1.165, 1.54) is 5.56 Å². The third kappa shape index (κ3) is 2.89. The first-order chi connectivity index (χ1) is 11.1. The van der Waals surface area contributed by atoms with E-state index in [9.17, 15) is 4.79 Å². The predicted octanol–water partition coefficient (Wildman–Crippen LogP) is 4.22. The normalized spacial score (nSPS) is 22.7. The average molecular weight is 310 g/mol. The lowest BCUT2D eigenvalue weighted by Gasteiger charge is -2.13. The molecule has 1 fully saturated rings. The third-order valence-corrected chi connectivity index (χ3v) is 4.22. The Labute approximate surface area is 137 Å². The van der Waals surface area contributed by atoms with Gasteiger partial charge in [-0.15, -0.1) is 0 Å². The molecule has 23 heavy (non-hydrogen) atoms. The van der Waals surface area contributed by atoms with Crippen LogP contribution in [0.5, 0.6) is 0 Å². The molecule has 0 aromatic heterocycles. The van der Waals surface area contributed by atoms with Crippen LogP contribution in [0, 0.1) is 13.8 Å². The Morgan fingerprint density at radius 1 is 1.04 bits per heavy atom. The maximum Gasteiger partial charge on any atom is 0.346 e. The summed E-state index contributed by atoms with van der Waals surface area (Å²) in [6.07, 6.45) is 0.514. The lowest BCUT2D eigenvalue weighted by atomic mass is 9.91. The summed E-state index contributed by atoms with van der Waals surface area (Å²) in [5, 5.41) is 0. The van der Waals surface area contributed by atoms with Crippen molar-refractivity contribution < 1.29 is 14.3 Å². The summed E-state index contributed by atoms with van der Waals surface area (Å²) < 4.78 is 11.4. The first-order valence-electron chi connectivity index (χ1n) is 8.06. The van der Waals surface area contributed by atoms with E-state index in [-0.39, 0.29) is 12.1 Å². The van der Waals surface area contributed by atoms with Crippen LogP contribution in [0.3, 0.4) is 0 Å². The van der Waals surface area contributed by atoms with Gasteiger partial charge in [0.1, 0.15) is 6.10 Å². The standard InChI is InChI=1S/C20H22O3/c1-4-13-22-19(21)20(17-11-7-15(3)8-12-17)18(23-20)16-9-5-14(2)6-10-16/h5-12,18H,4,13H2,1-3H3. The molecule has 2 unspecified atom stereocenters. The molecule has 0 saturated carbocycles. The van der Waals surface area contributed by atoms with Gasteiger partial charge in [-0.05, 0) is 31.4 Å². The third-order valence-electron chi connectivity index (χ3n) is 4.22. The van der Waals surface area contributed by atoms with Gasteiger partial charge in [0.2, 0.25) is 5.60 Å². The van der Waals surface area contributed by atoms with Crippen LogP contribution in [0.2, 0.25) is 0 Å². The Kier molecular flexibility index (Phi) is 4.22. The molecule has 1 heterocycles. The van der Waals surface area contributed by atoms with Gasteiger partial charge in [0.15, 0.2) is 0 Å². The van der Waals surface area contributed by atoms with Crippen LogP contribution in [-0.4, -0.2) is 12.6 Å². The highest BCUT2D eigenvalue weighted by atomic mass is 16.7. The molecular weight excluding hydrogens is 288 g/mol. The van der Waals surface area contributed by atoms with Crippen molar-refractivity contribution in [1.29, 1.82) is 0 Å². The van der Waals surface area contributed by atoms with E-state index in [4.69, 9.17) is 9.47 Å². The van der Waals surface area contributed by atoms with Gasteiger partial charge in [0.25, 0.3) is 0 Å². The van der Waals surface area contributed by atoms with Crippen LogP contribution >= 0.6 is 0 Å². The maximum atomic E-state index is 12.7. The van der Waals surface area contributed by atoms with E-state index in [0.717, 1.165) is 23.1 Å². The van der Waals surface area contributed by atoms with Crippen molar-refractivity contribution >= 4 is 5.97 Å². The Morgan fingerprint density at radius 3 is 2.17 bits per heavy atom. The summed E-state index contributed by atoms with van der Waals surface area (Å²) >= 11 is 0. The lowest BCUT2D eigenvalue weighted by molar-refractivity contribution is -0.150. The van der Waals surface area contributed by atoms with Crippen molar-refractivity contribution in [2.45, 2.75) is 38.9 Å². The minimum atomic E-state index is -1.00. The van der Waals surface area contributed by atoms with Crippen molar-refractivity contribution in [2.24, 2.45) is 0 Å². The number of epoxide rings is 1. The van der Waals surface area contributed by atoms with E-state index < -0.39 is 5.60 Å². The van der Waals surface area contributed by atoms with Crippen LogP contribution in [0.1, 0.15) is 41.7 Å². The Hall–Kier alpha value is -2.13. The molecule has 1 aliphatic heterocycles. The van der Waals surface area contributed by atoms with Crippen molar-refractivity contribution in [3.63, 3.8) is 0 Å². The monoisotopic (exact) mass is 310 g/mol. The number of hydrogen-bond donors (Lipinski definition) is 0. The molecule has 0 bridgehead atoms. The largest absolute Gasteiger partial charge is 0.463 e. The van der Waals surface area contributed by atoms with Gasteiger partial charge in [-0.3, -0.25) is 0 Å². The van der Waals surface area contributed by atoms with E-state index >= 15 is 0 Å². The number of esters is 1. The van der Waals surface area contributed by atoms with E-state index in [0.29, 0.717) is 6.61 Å². The van der Waals surface area contributed by atoms with Crippen LogP contribution in [-0.2, 0) is 19.9 Å². The van der Waals surface area contributed by atoms with Crippen LogP contribution < -0.4 is 0 Å². The molecule has 0 N–H and O–H groups in total. The summed E-state index contributed by atoms with van der Waals surface area (Å²) in [6, 6.07) is 16.0. The highest BCUT2D eigenvalue weighted by Gasteiger charge is 2.65. The number of carbonyl (C=O) groups excluding carboxylic acids is 1. The molecule has 2 aromatic carbocycles. The minimum Gasteiger partial charge on any atom is -0.463 e. The van der Waals surface area contributed by atoms with Gasteiger partial charge in [-0.2, -0.15) is 0 Å². The van der Waals surface area contributed by atoms with E-state index in [2.05, 4.69) is 0 Å². The van der Waals surface area contributed by atoms with Gasteiger partial charge < -0.3 is 9.47 Å². The highest BCUT2D eigenvalue weighted by molar-refractivity contribution is 5.85. The number of rotatable bonds is 5. The molecule has 3 heteroatoms. The second-order valence-electron chi connectivity index (χ2n) is 6.15. The molecule has 120 valence electrons. The van der Waals surface area contributed by atoms with Crippen LogP contribution in [0.4, 0.5) is 0 Å². The molecular formula is C20H22O3. The first-order valence-corrected chi connectivity index (χ1v) is 8.06. The lowest BCUT2D eigenvalue weighted by Crippen LogP contribution is -2.26. The molecule has 3 rings (SSSR count). The zero-order valence-electron chi connectivity index (χ0n) is 13.8. The molecule has 0 radical (unpaired) electrons. The van der Waals surface area contributed by atoms with Crippen LogP contribution in [0.15, 0.2) is 48.5 Å². The smallest absolute Gasteiger partial charge is 0.346 e. The number of ether oxygens (including phenoxy) is 2. The summed E-state index contributed by atoms with van der Waals surface area (Å²) in [6.45, 7) is 6.46. The van der Waals surface area contributed by atoms with Gasteiger partial charge in [0.05, 0.1) is 6.61 Å². The summed E-state index contributed by atoms with van der Waals surface area (Å²) in [5.41, 5.74) is 3.19. The summed E-state index contributed by atoms with van der Waals surface area (Å²) in [5.74, 6) is -0.297. The second-order valence-corrected chi connectivity index (χ2v) is 6.15. The number of hydrogen-bond acceptors (Lipinski definition) is 3. The van der Waals surface area contributed by atoms with Gasteiger partial charge >= 0.3 is 5.97 Å². The Balaban J connectivity index is 1.94. The molecule has 0 aliphatic carbocycles. The molecule has 1 aliphatic rings. The summed E-state index contributed by atoms with van der Waals surface area (Å²) in [7, 11) is 0. The van der Waals surface area contributed by atoms with Gasteiger partial charge in [-0.1, -0.05) is 66.6 Å². The quantitative estimate of drug-likeness (QED) is 0.613. The average Bonchev–Trinajstić information content (AvgIpc) is 3.31. The van der Waals surface area contributed by atoms with Crippen LogP contribution in [0.25, 0.3) is 0 Å². The molecule has 2 atom stereocenters. The van der Waals surface area contributed by atoms with Gasteiger partial charge in [-0.25, -0.2) is 4.79 Å². The molecule has 0 amide bonds. The fourth-order valence-corrected chi connectivity index (χ4v) is 2.79. The molecule has 3 nitrogen and oxygen atoms in total. The van der Waals surface area contributed by atoms with Gasteiger partial charge in [0, 0.05) is 0 Å². The number of aryl methyl sites for hydroxylation is 2. The number of carbonyl (C=O) groups is 1. The van der Waals surface area contributed by atoms with Crippen molar-refractivity contribution in [3.05, 3.63) is 70.8 Å². The minimum absolute atomic E-state index is 0.282. The summed E-state index contributed by atoms with van der Waals surface area (Å²) in [4.78, 5) is 12.7. The highest BCUT2D eigenvalue weighted by Crippen LogP contribution is 2.57. The maximum absolute atomic E-state index is 12.7. The topological polar surface area (TPSA) is 38.8 Å². The zero-order valence-corrected chi connectivity index (χ0v) is 13.8. The molecule has 2 aromatic rings. The first kappa shape index (κ1) is 15.8. The SMILES string of the molecule is CCCOC(=O)C1(c2ccc(C)cc2)OC1c1ccc(C)cc1. The van der Waals surface area contributed by atoms with Crippen molar-refractivity contribution in [3.8, 4) is 0 Å². The van der Waals surface area contributed by atoms with Crippen molar-refractivity contribution in [1.82, 2.24) is 0 Å².